The van der Waals surface area contributed by atoms with Gasteiger partial charge >= 0.3 is 13.8 Å². The fraction of sp³-hybridized carbons (Fsp3) is 0.917. The zero-order chi connectivity index (χ0) is 16.5. The van der Waals surface area contributed by atoms with Crippen LogP contribution in [0.2, 0.25) is 0 Å². The number of carbonyl (C=O) groups excluding carboxylic acids is 1. The minimum absolute atomic E-state index is 0.0544. The number of nitrogens with zero attached hydrogens (tertiary/aromatic N) is 1. The van der Waals surface area contributed by atoms with Crippen LogP contribution in [0.4, 0.5) is 0 Å². The predicted molar refractivity (Wildman–Crippen MR) is 76.5 cm³/mol. The first-order valence-electron chi connectivity index (χ1n) is 6.82. The number of rotatable bonds is 11. The molecule has 0 saturated carbocycles. The minimum Gasteiger partial charge on any atom is -0.463 e. The quantitative estimate of drug-likeness (QED) is 0.324. The lowest BCUT2D eigenvalue weighted by atomic mass is 10.3. The molecule has 0 rings (SSSR count). The van der Waals surface area contributed by atoms with Crippen molar-refractivity contribution in [2.45, 2.75) is 25.9 Å². The maximum atomic E-state index is 11.5. The van der Waals surface area contributed by atoms with Crippen molar-refractivity contribution in [3.8, 4) is 0 Å². The van der Waals surface area contributed by atoms with Gasteiger partial charge in [-0.2, -0.15) is 0 Å². The number of esters is 1. The fourth-order valence-electron chi connectivity index (χ4n) is 1.16. The van der Waals surface area contributed by atoms with Gasteiger partial charge in [-0.05, 0) is 6.42 Å². The summed E-state index contributed by atoms with van der Waals surface area (Å²) in [4.78, 5) is 20.5. The van der Waals surface area contributed by atoms with Crippen LogP contribution in [0.3, 0.4) is 0 Å². The van der Waals surface area contributed by atoms with Gasteiger partial charge in [0.15, 0.2) is 0 Å². The highest BCUT2D eigenvalue weighted by Crippen LogP contribution is 2.43. The molecule has 2 atom stereocenters. The molecule has 8 nitrogen and oxygen atoms in total. The highest BCUT2D eigenvalue weighted by atomic mass is 31.2. The molecule has 2 N–H and O–H groups in total. The van der Waals surface area contributed by atoms with Gasteiger partial charge in [0.2, 0.25) is 0 Å². The Kier molecular flexibility index (Phi) is 9.28. The summed E-state index contributed by atoms with van der Waals surface area (Å²) in [6.45, 7) is 1.69. The van der Waals surface area contributed by atoms with Gasteiger partial charge in [-0.25, -0.2) is 4.57 Å². The molecule has 0 aromatic rings. The van der Waals surface area contributed by atoms with Crippen LogP contribution in [-0.2, 0) is 23.1 Å². The molecule has 0 fully saturated rings. The number of ether oxygens (including phenoxy) is 1. The lowest BCUT2D eigenvalue weighted by Gasteiger charge is -2.24. The molecule has 2 unspecified atom stereocenters. The van der Waals surface area contributed by atoms with E-state index in [2.05, 4.69) is 4.52 Å². The molecule has 0 bridgehead atoms. The Morgan fingerprint density at radius 1 is 1.24 bits per heavy atom. The van der Waals surface area contributed by atoms with Gasteiger partial charge in [-0.15, -0.1) is 0 Å². The summed E-state index contributed by atoms with van der Waals surface area (Å²) >= 11 is 0. The molecule has 0 heterocycles. The van der Waals surface area contributed by atoms with Crippen molar-refractivity contribution >= 4 is 13.8 Å². The van der Waals surface area contributed by atoms with Crippen LogP contribution in [-0.4, -0.2) is 74.1 Å². The van der Waals surface area contributed by atoms with Crippen LogP contribution < -0.4 is 0 Å². The highest BCUT2D eigenvalue weighted by molar-refractivity contribution is 7.47. The van der Waals surface area contributed by atoms with E-state index in [9.17, 15) is 19.4 Å². The van der Waals surface area contributed by atoms with Gasteiger partial charge in [0.05, 0.1) is 27.7 Å². The average Bonchev–Trinajstić information content (AvgIpc) is 2.32. The molecule has 0 aliphatic heterocycles. The van der Waals surface area contributed by atoms with E-state index in [-0.39, 0.29) is 19.6 Å². The van der Waals surface area contributed by atoms with E-state index in [1.807, 2.05) is 28.1 Å². The van der Waals surface area contributed by atoms with E-state index in [1.54, 1.807) is 0 Å². The second-order valence-corrected chi connectivity index (χ2v) is 7.15. The van der Waals surface area contributed by atoms with Crippen molar-refractivity contribution in [1.29, 1.82) is 0 Å². The van der Waals surface area contributed by atoms with Gasteiger partial charge < -0.3 is 19.2 Å². The molecule has 126 valence electrons. The first-order valence-corrected chi connectivity index (χ1v) is 8.31. The number of likely N-dealkylation sites (N-methyl/N-ethyl adjacent to an activating group) is 1. The van der Waals surface area contributed by atoms with E-state index in [0.29, 0.717) is 17.4 Å². The first-order chi connectivity index (χ1) is 9.56. The topological polar surface area (TPSA) is 102 Å². The Bertz CT molecular complexity index is 356. The van der Waals surface area contributed by atoms with Crippen molar-refractivity contribution in [3.63, 3.8) is 0 Å². The van der Waals surface area contributed by atoms with E-state index in [1.165, 1.54) is 0 Å². The molecule has 0 aliphatic carbocycles. The Labute approximate surface area is 125 Å². The molecule has 0 aliphatic rings. The lowest BCUT2D eigenvalue weighted by molar-refractivity contribution is -0.870. The first kappa shape index (κ1) is 20.5. The third-order valence-electron chi connectivity index (χ3n) is 2.34. The fourth-order valence-corrected chi connectivity index (χ4v) is 1.91. The molecule has 0 saturated heterocycles. The molecule has 0 spiro atoms. The van der Waals surface area contributed by atoms with Crippen molar-refractivity contribution < 1.29 is 37.6 Å². The Balaban J connectivity index is 3.91. The number of carbonyl (C=O) groups is 1. The van der Waals surface area contributed by atoms with Gasteiger partial charge in [0.1, 0.15) is 25.9 Å². The molecule has 0 aromatic carbocycles. The Morgan fingerprint density at radius 2 is 1.86 bits per heavy atom. The minimum atomic E-state index is -4.20. The Hall–Kier alpha value is -0.500. The van der Waals surface area contributed by atoms with Gasteiger partial charge in [-0.1, -0.05) is 6.92 Å². The molecule has 0 radical (unpaired) electrons. The van der Waals surface area contributed by atoms with Crippen LogP contribution in [0.1, 0.15) is 19.8 Å². The maximum absolute atomic E-state index is 11.5. The standard InChI is InChI=1S/C12H26NO7P/c1-5-6-12(15)18-9-11(14)10-20-21(16,17)19-8-7-13(2,3)4/h11,14H,5-10H2,1-4H3/p+1. The van der Waals surface area contributed by atoms with Crippen molar-refractivity contribution in [1.82, 2.24) is 0 Å². The highest BCUT2D eigenvalue weighted by Gasteiger charge is 2.24. The SMILES string of the molecule is CCCC(=O)OCC(O)COP(=O)(O)OCC[N+](C)(C)C. The lowest BCUT2D eigenvalue weighted by Crippen LogP contribution is -2.37. The third kappa shape index (κ3) is 12.9. The van der Waals surface area contributed by atoms with Crippen LogP contribution in [0.15, 0.2) is 0 Å². The number of phosphoric ester groups is 1. The average molecular weight is 328 g/mol. The molecular weight excluding hydrogens is 301 g/mol. The van der Waals surface area contributed by atoms with E-state index < -0.39 is 26.5 Å². The van der Waals surface area contributed by atoms with Crippen LogP contribution >= 0.6 is 7.82 Å². The summed E-state index contributed by atoms with van der Waals surface area (Å²) < 4.78 is 26.3. The summed E-state index contributed by atoms with van der Waals surface area (Å²) in [7, 11) is 1.55. The van der Waals surface area contributed by atoms with E-state index in [0.717, 1.165) is 0 Å². The largest absolute Gasteiger partial charge is 0.472 e. The van der Waals surface area contributed by atoms with Gasteiger partial charge in [-0.3, -0.25) is 13.8 Å². The monoisotopic (exact) mass is 328 g/mol. The summed E-state index contributed by atoms with van der Waals surface area (Å²) in [5.41, 5.74) is 0. The zero-order valence-corrected chi connectivity index (χ0v) is 14.0. The van der Waals surface area contributed by atoms with Crippen molar-refractivity contribution in [2.24, 2.45) is 0 Å². The molecule has 9 heteroatoms. The summed E-state index contributed by atoms with van der Waals surface area (Å²) in [6, 6.07) is 0. The normalized spacial score (nSPS) is 16.3. The van der Waals surface area contributed by atoms with Gasteiger partial charge in [0.25, 0.3) is 0 Å². The number of quaternary nitrogens is 1. The predicted octanol–water partition coefficient (Wildman–Crippen LogP) is 0.530. The number of aliphatic hydroxyl groups is 1. The van der Waals surface area contributed by atoms with Crippen molar-refractivity contribution in [3.05, 3.63) is 0 Å². The number of aliphatic hydroxyl groups excluding tert-OH is 1. The molecule has 21 heavy (non-hydrogen) atoms. The van der Waals surface area contributed by atoms with Gasteiger partial charge in [0, 0.05) is 6.42 Å². The smallest absolute Gasteiger partial charge is 0.463 e. The number of phosphoric acid groups is 1. The second-order valence-electron chi connectivity index (χ2n) is 5.70. The number of hydrogen-bond donors (Lipinski definition) is 2. The molecule has 0 amide bonds. The van der Waals surface area contributed by atoms with Crippen LogP contribution in [0, 0.1) is 0 Å². The maximum Gasteiger partial charge on any atom is 0.472 e. The van der Waals surface area contributed by atoms with E-state index in [4.69, 9.17) is 9.26 Å². The summed E-state index contributed by atoms with van der Waals surface area (Å²) in [5.74, 6) is -0.428. The zero-order valence-electron chi connectivity index (χ0n) is 13.2. The van der Waals surface area contributed by atoms with Crippen LogP contribution in [0.25, 0.3) is 0 Å². The number of hydrogen-bond acceptors (Lipinski definition) is 6. The van der Waals surface area contributed by atoms with Crippen LogP contribution in [0.5, 0.6) is 0 Å². The molecular formula is C12H27NO7P+. The second kappa shape index (κ2) is 9.50. The summed E-state index contributed by atoms with van der Waals surface area (Å²) in [6.07, 6.45) is -0.259. The summed E-state index contributed by atoms with van der Waals surface area (Å²) in [5, 5.41) is 9.49. The van der Waals surface area contributed by atoms with E-state index >= 15 is 0 Å². The van der Waals surface area contributed by atoms with Crippen molar-refractivity contribution in [2.75, 3.05) is 47.5 Å². The third-order valence-corrected chi connectivity index (χ3v) is 3.32. The Morgan fingerprint density at radius 3 is 2.38 bits per heavy atom. The molecule has 0 aromatic heterocycles.